The van der Waals surface area contributed by atoms with Crippen molar-refractivity contribution in [3.63, 3.8) is 0 Å². The van der Waals surface area contributed by atoms with Gasteiger partial charge < -0.3 is 9.88 Å². The van der Waals surface area contributed by atoms with Crippen LogP contribution in [-0.2, 0) is 18.4 Å². The molecule has 0 saturated heterocycles. The van der Waals surface area contributed by atoms with Gasteiger partial charge in [0, 0.05) is 30.9 Å². The Labute approximate surface area is 172 Å². The van der Waals surface area contributed by atoms with Crippen LogP contribution in [-0.4, -0.2) is 20.0 Å². The Kier molecular flexibility index (Phi) is 5.18. The average Bonchev–Trinajstić information content (AvgIpc) is 3.16. The average molecular weight is 404 g/mol. The number of carbonyl (C=O) groups is 1. The number of aromatic nitrogens is 3. The molecule has 0 saturated carbocycles. The summed E-state index contributed by atoms with van der Waals surface area (Å²) in [4.78, 5) is 29.9. The van der Waals surface area contributed by atoms with Crippen LogP contribution in [0.15, 0.2) is 71.8 Å². The van der Waals surface area contributed by atoms with E-state index in [2.05, 4.69) is 10.3 Å². The highest BCUT2D eigenvalue weighted by Crippen LogP contribution is 2.21. The molecule has 7 heteroatoms. The highest BCUT2D eigenvalue weighted by molar-refractivity contribution is 5.84. The summed E-state index contributed by atoms with van der Waals surface area (Å²) >= 11 is 0. The van der Waals surface area contributed by atoms with E-state index in [0.717, 1.165) is 10.9 Å². The van der Waals surface area contributed by atoms with Crippen LogP contribution in [0.25, 0.3) is 10.9 Å². The predicted octanol–water partition coefficient (Wildman–Crippen LogP) is 3.09. The van der Waals surface area contributed by atoms with Crippen LogP contribution >= 0.6 is 0 Å². The normalized spacial score (nSPS) is 12.1. The smallest absolute Gasteiger partial charge is 0.251 e. The summed E-state index contributed by atoms with van der Waals surface area (Å²) in [5, 5.41) is 3.87. The summed E-state index contributed by atoms with van der Waals surface area (Å²) in [5.41, 5.74) is 2.02. The number of nitrogens with one attached hydrogen (secondary N) is 1. The van der Waals surface area contributed by atoms with Crippen LogP contribution in [0.3, 0.4) is 0 Å². The highest BCUT2D eigenvalue weighted by Gasteiger charge is 2.21. The molecule has 152 valence electrons. The SMILES string of the molecule is Cc1cc(=O)n(CC(=O)N[C@H](c2ccc(F)cc2)c2nccn2C)c2ccccc12. The van der Waals surface area contributed by atoms with Crippen molar-refractivity contribution in [1.29, 1.82) is 0 Å². The van der Waals surface area contributed by atoms with Crippen molar-refractivity contribution < 1.29 is 9.18 Å². The topological polar surface area (TPSA) is 68.9 Å². The third kappa shape index (κ3) is 3.74. The molecule has 0 aliphatic rings. The Balaban J connectivity index is 1.68. The number of nitrogens with zero attached hydrogens (tertiary/aromatic N) is 3. The third-order valence-corrected chi connectivity index (χ3v) is 5.15. The zero-order chi connectivity index (χ0) is 21.3. The minimum absolute atomic E-state index is 0.137. The molecule has 0 fully saturated rings. The van der Waals surface area contributed by atoms with E-state index < -0.39 is 6.04 Å². The van der Waals surface area contributed by atoms with E-state index in [1.54, 1.807) is 29.1 Å². The van der Waals surface area contributed by atoms with E-state index in [9.17, 15) is 14.0 Å². The van der Waals surface area contributed by atoms with E-state index in [1.165, 1.54) is 22.8 Å². The number of amides is 1. The Morgan fingerprint density at radius 2 is 1.90 bits per heavy atom. The van der Waals surface area contributed by atoms with Gasteiger partial charge in [0.05, 0.1) is 5.52 Å². The number of hydrogen-bond donors (Lipinski definition) is 1. The molecule has 30 heavy (non-hydrogen) atoms. The first-order valence-corrected chi connectivity index (χ1v) is 9.55. The zero-order valence-corrected chi connectivity index (χ0v) is 16.7. The van der Waals surface area contributed by atoms with Crippen molar-refractivity contribution >= 4 is 16.8 Å². The molecule has 1 N–H and O–H groups in total. The quantitative estimate of drug-likeness (QED) is 0.556. The molecule has 0 unspecified atom stereocenters. The van der Waals surface area contributed by atoms with Gasteiger partial charge in [-0.2, -0.15) is 0 Å². The molecule has 0 aliphatic heterocycles. The van der Waals surface area contributed by atoms with Gasteiger partial charge >= 0.3 is 0 Å². The van der Waals surface area contributed by atoms with Crippen LogP contribution in [0.4, 0.5) is 4.39 Å². The van der Waals surface area contributed by atoms with Crippen molar-refractivity contribution in [3.8, 4) is 0 Å². The van der Waals surface area contributed by atoms with Crippen LogP contribution in [0, 0.1) is 12.7 Å². The fourth-order valence-electron chi connectivity index (χ4n) is 3.62. The molecular formula is C23H21FN4O2. The number of imidazole rings is 1. The minimum Gasteiger partial charge on any atom is -0.341 e. The van der Waals surface area contributed by atoms with E-state index in [-0.39, 0.29) is 23.8 Å². The van der Waals surface area contributed by atoms with Crippen molar-refractivity contribution in [2.24, 2.45) is 7.05 Å². The van der Waals surface area contributed by atoms with Gasteiger partial charge in [-0.15, -0.1) is 0 Å². The minimum atomic E-state index is -0.578. The fourth-order valence-corrected chi connectivity index (χ4v) is 3.62. The number of halogens is 1. The first kappa shape index (κ1) is 19.6. The van der Waals surface area contributed by atoms with Crippen LogP contribution in [0.1, 0.15) is 23.0 Å². The Hall–Kier alpha value is -3.74. The molecule has 0 aliphatic carbocycles. The standard InChI is InChI=1S/C23H21FN4O2/c1-15-13-21(30)28(19-6-4-3-5-18(15)19)14-20(29)26-22(23-25-11-12-27(23)2)16-7-9-17(24)10-8-16/h3-13,22H,14H2,1-2H3,(H,26,29)/t22-/m1/s1. The van der Waals surface area contributed by atoms with Crippen LogP contribution < -0.4 is 10.9 Å². The van der Waals surface area contributed by atoms with Crippen molar-refractivity contribution in [2.75, 3.05) is 0 Å². The summed E-state index contributed by atoms with van der Waals surface area (Å²) in [6, 6.07) is 14.4. The predicted molar refractivity (Wildman–Crippen MR) is 113 cm³/mol. The molecule has 2 aromatic carbocycles. The van der Waals surface area contributed by atoms with Gasteiger partial charge in [-0.25, -0.2) is 9.37 Å². The number of rotatable bonds is 5. The first-order valence-electron chi connectivity index (χ1n) is 9.55. The second-order valence-corrected chi connectivity index (χ2v) is 7.22. The molecule has 2 heterocycles. The maximum absolute atomic E-state index is 13.4. The molecule has 2 aromatic heterocycles. The second-order valence-electron chi connectivity index (χ2n) is 7.22. The number of pyridine rings is 1. The lowest BCUT2D eigenvalue weighted by Gasteiger charge is -2.20. The Morgan fingerprint density at radius 3 is 2.60 bits per heavy atom. The van der Waals surface area contributed by atoms with Crippen LogP contribution in [0.2, 0.25) is 0 Å². The number of benzene rings is 2. The molecule has 1 amide bonds. The van der Waals surface area contributed by atoms with Crippen LogP contribution in [0.5, 0.6) is 0 Å². The molecule has 0 spiro atoms. The molecule has 1 atom stereocenters. The Morgan fingerprint density at radius 1 is 1.17 bits per heavy atom. The van der Waals surface area contributed by atoms with Gasteiger partial charge in [-0.05, 0) is 36.2 Å². The summed E-state index contributed by atoms with van der Waals surface area (Å²) in [6.45, 7) is 1.74. The Bertz CT molecular complexity index is 1270. The first-order chi connectivity index (χ1) is 14.4. The lowest BCUT2D eigenvalue weighted by Crippen LogP contribution is -2.36. The third-order valence-electron chi connectivity index (χ3n) is 5.15. The van der Waals surface area contributed by atoms with Crippen molar-refractivity contribution in [2.45, 2.75) is 19.5 Å². The maximum atomic E-state index is 13.4. The monoisotopic (exact) mass is 404 g/mol. The van der Waals surface area contributed by atoms with E-state index in [0.29, 0.717) is 16.9 Å². The summed E-state index contributed by atoms with van der Waals surface area (Å²) in [5.74, 6) is -0.0964. The molecule has 6 nitrogen and oxygen atoms in total. The molecule has 4 aromatic rings. The van der Waals surface area contributed by atoms with Gasteiger partial charge in [0.2, 0.25) is 5.91 Å². The number of para-hydroxylation sites is 1. The summed E-state index contributed by atoms with van der Waals surface area (Å²) in [6.07, 6.45) is 3.41. The molecule has 0 radical (unpaired) electrons. The van der Waals surface area contributed by atoms with Crippen molar-refractivity contribution in [1.82, 2.24) is 19.4 Å². The van der Waals surface area contributed by atoms with Crippen molar-refractivity contribution in [3.05, 3.63) is 100 Å². The van der Waals surface area contributed by atoms with E-state index >= 15 is 0 Å². The number of aryl methyl sites for hydroxylation is 2. The van der Waals surface area contributed by atoms with Gasteiger partial charge in [-0.3, -0.25) is 14.2 Å². The molecular weight excluding hydrogens is 383 g/mol. The second kappa shape index (κ2) is 7.94. The largest absolute Gasteiger partial charge is 0.341 e. The molecule has 0 bridgehead atoms. The van der Waals surface area contributed by atoms with E-state index in [1.807, 2.05) is 38.2 Å². The van der Waals surface area contributed by atoms with E-state index in [4.69, 9.17) is 0 Å². The number of hydrogen-bond acceptors (Lipinski definition) is 3. The van der Waals surface area contributed by atoms with Gasteiger partial charge in [0.15, 0.2) is 0 Å². The molecule has 4 rings (SSSR count). The summed E-state index contributed by atoms with van der Waals surface area (Å²) < 4.78 is 16.7. The van der Waals surface area contributed by atoms with Gasteiger partial charge in [-0.1, -0.05) is 30.3 Å². The summed E-state index contributed by atoms with van der Waals surface area (Å²) in [7, 11) is 1.82. The lowest BCUT2D eigenvalue weighted by molar-refractivity contribution is -0.122. The lowest BCUT2D eigenvalue weighted by atomic mass is 10.1. The zero-order valence-electron chi connectivity index (χ0n) is 16.7. The fraction of sp³-hybridized carbons (Fsp3) is 0.174. The van der Waals surface area contributed by atoms with Gasteiger partial charge in [0.25, 0.3) is 5.56 Å². The number of fused-ring (bicyclic) bond motifs is 1. The highest BCUT2D eigenvalue weighted by atomic mass is 19.1. The number of carbonyl (C=O) groups excluding carboxylic acids is 1. The maximum Gasteiger partial charge on any atom is 0.251 e. The van der Waals surface area contributed by atoms with Gasteiger partial charge in [0.1, 0.15) is 24.2 Å².